The first kappa shape index (κ1) is 23.1. The number of hydrogen-bond acceptors (Lipinski definition) is 4. The van der Waals surface area contributed by atoms with Crippen molar-refractivity contribution >= 4 is 61.7 Å². The summed E-state index contributed by atoms with van der Waals surface area (Å²) in [5, 5.41) is 2.53. The molecule has 0 radical (unpaired) electrons. The van der Waals surface area contributed by atoms with Gasteiger partial charge in [0.25, 0.3) is 0 Å². The number of fused-ring (bicyclic) bond motifs is 2. The van der Waals surface area contributed by atoms with E-state index >= 15 is 0 Å². The van der Waals surface area contributed by atoms with E-state index in [9.17, 15) is 18.0 Å². The van der Waals surface area contributed by atoms with Crippen LogP contribution in [0.4, 0.5) is 18.9 Å². The quantitative estimate of drug-likeness (QED) is 0.138. The first-order chi connectivity index (χ1) is 16.8. The summed E-state index contributed by atoms with van der Waals surface area (Å²) in [5.41, 5.74) is -0.712. The molecule has 1 heterocycles. The molecule has 5 aromatic rings. The van der Waals surface area contributed by atoms with E-state index in [-0.39, 0.29) is 16.3 Å². The first-order valence-electron chi connectivity index (χ1n) is 10.4. The number of rotatable bonds is 4. The number of benzene rings is 4. The number of halogens is 4. The summed E-state index contributed by atoms with van der Waals surface area (Å²) in [6.07, 6.45) is -3.26. The van der Waals surface area contributed by atoms with E-state index in [0.29, 0.717) is 16.0 Å². The van der Waals surface area contributed by atoms with Gasteiger partial charge in [-0.2, -0.15) is 13.2 Å². The van der Waals surface area contributed by atoms with Crippen LogP contribution in [0.3, 0.4) is 0 Å². The SMILES string of the molecule is O=C(Oc1ccc2ccccc2c1C=Nc1ccccc1C(F)(F)F)c1sc2ccccc2c1Cl. The van der Waals surface area contributed by atoms with Gasteiger partial charge in [0, 0.05) is 21.9 Å². The number of alkyl halides is 3. The largest absolute Gasteiger partial charge is 0.422 e. The highest BCUT2D eigenvalue weighted by atomic mass is 35.5. The van der Waals surface area contributed by atoms with Crippen molar-refractivity contribution in [1.82, 2.24) is 0 Å². The Hall–Kier alpha value is -3.68. The Bertz CT molecular complexity index is 1610. The van der Waals surface area contributed by atoms with Crippen molar-refractivity contribution in [3.05, 3.63) is 106 Å². The normalized spacial score (nSPS) is 12.0. The molecule has 0 amide bonds. The Labute approximate surface area is 207 Å². The van der Waals surface area contributed by atoms with Crippen LogP contribution in [-0.4, -0.2) is 12.2 Å². The predicted molar refractivity (Wildman–Crippen MR) is 134 cm³/mol. The van der Waals surface area contributed by atoms with Crippen LogP contribution in [0.1, 0.15) is 20.8 Å². The Morgan fingerprint density at radius 1 is 0.886 bits per heavy atom. The van der Waals surface area contributed by atoms with Gasteiger partial charge in [-0.3, -0.25) is 4.99 Å². The van der Waals surface area contributed by atoms with E-state index in [1.54, 1.807) is 24.3 Å². The van der Waals surface area contributed by atoms with Gasteiger partial charge in [0.1, 0.15) is 10.6 Å². The van der Waals surface area contributed by atoms with Crippen LogP contribution < -0.4 is 4.74 Å². The van der Waals surface area contributed by atoms with Crippen LogP contribution in [0.2, 0.25) is 5.02 Å². The highest BCUT2D eigenvalue weighted by Crippen LogP contribution is 2.38. The minimum Gasteiger partial charge on any atom is -0.422 e. The van der Waals surface area contributed by atoms with Gasteiger partial charge >= 0.3 is 12.1 Å². The molecule has 0 atom stereocenters. The fourth-order valence-electron chi connectivity index (χ4n) is 3.75. The molecule has 0 saturated carbocycles. The van der Waals surface area contributed by atoms with Gasteiger partial charge in [0.2, 0.25) is 0 Å². The van der Waals surface area contributed by atoms with E-state index in [4.69, 9.17) is 16.3 Å². The number of hydrogen-bond donors (Lipinski definition) is 0. The lowest BCUT2D eigenvalue weighted by Gasteiger charge is -2.11. The van der Waals surface area contributed by atoms with E-state index in [0.717, 1.165) is 21.5 Å². The van der Waals surface area contributed by atoms with E-state index in [2.05, 4.69) is 4.99 Å². The molecule has 0 saturated heterocycles. The monoisotopic (exact) mass is 509 g/mol. The summed E-state index contributed by atoms with van der Waals surface area (Å²) in [5.74, 6) is -0.493. The molecule has 0 bridgehead atoms. The fourth-order valence-corrected chi connectivity index (χ4v) is 5.13. The second-order valence-electron chi connectivity index (χ2n) is 7.60. The average Bonchev–Trinajstić information content (AvgIpc) is 3.19. The maximum atomic E-state index is 13.4. The summed E-state index contributed by atoms with van der Waals surface area (Å²) in [6, 6.07) is 23.0. The Morgan fingerprint density at radius 3 is 2.34 bits per heavy atom. The van der Waals surface area contributed by atoms with Crippen LogP contribution in [0.15, 0.2) is 89.9 Å². The van der Waals surface area contributed by atoms with Crippen molar-refractivity contribution < 1.29 is 22.7 Å². The maximum absolute atomic E-state index is 13.4. The zero-order valence-corrected chi connectivity index (χ0v) is 19.4. The van der Waals surface area contributed by atoms with Crippen LogP contribution >= 0.6 is 22.9 Å². The van der Waals surface area contributed by atoms with Gasteiger partial charge in [-0.05, 0) is 35.0 Å². The van der Waals surface area contributed by atoms with E-state index < -0.39 is 17.7 Å². The summed E-state index contributed by atoms with van der Waals surface area (Å²) in [4.78, 5) is 17.4. The molecule has 35 heavy (non-hydrogen) atoms. The van der Waals surface area contributed by atoms with Crippen molar-refractivity contribution in [3.63, 3.8) is 0 Å². The highest BCUT2D eigenvalue weighted by molar-refractivity contribution is 7.21. The number of carbonyl (C=O) groups is 1. The second kappa shape index (κ2) is 9.17. The number of para-hydroxylation sites is 1. The lowest BCUT2D eigenvalue weighted by Crippen LogP contribution is -2.09. The van der Waals surface area contributed by atoms with Gasteiger partial charge in [0.15, 0.2) is 0 Å². The molecule has 0 fully saturated rings. The maximum Gasteiger partial charge on any atom is 0.418 e. The van der Waals surface area contributed by atoms with Crippen LogP contribution in [0, 0.1) is 0 Å². The number of thiophene rings is 1. The smallest absolute Gasteiger partial charge is 0.418 e. The Kier molecular flexibility index (Phi) is 6.05. The summed E-state index contributed by atoms with van der Waals surface area (Å²) < 4.78 is 46.9. The average molecular weight is 510 g/mol. The van der Waals surface area contributed by atoms with Crippen LogP contribution in [0.25, 0.3) is 20.9 Å². The van der Waals surface area contributed by atoms with Crippen LogP contribution in [0.5, 0.6) is 5.75 Å². The van der Waals surface area contributed by atoms with Gasteiger partial charge in [-0.15, -0.1) is 11.3 Å². The number of carbonyl (C=O) groups excluding carboxylic acids is 1. The molecular formula is C27H15ClF3NO2S. The first-order valence-corrected chi connectivity index (χ1v) is 11.6. The minimum atomic E-state index is -4.56. The van der Waals surface area contributed by atoms with Crippen molar-refractivity contribution in [2.45, 2.75) is 6.18 Å². The number of esters is 1. The molecule has 0 aliphatic rings. The van der Waals surface area contributed by atoms with Crippen molar-refractivity contribution in [3.8, 4) is 5.75 Å². The molecule has 0 aliphatic carbocycles. The zero-order valence-electron chi connectivity index (χ0n) is 17.8. The van der Waals surface area contributed by atoms with Crippen molar-refractivity contribution in [2.24, 2.45) is 4.99 Å². The third-order valence-corrected chi connectivity index (χ3v) is 7.05. The summed E-state index contributed by atoms with van der Waals surface area (Å²) in [7, 11) is 0. The Morgan fingerprint density at radius 2 is 1.57 bits per heavy atom. The molecule has 0 aliphatic heterocycles. The fraction of sp³-hybridized carbons (Fsp3) is 0.0370. The third kappa shape index (κ3) is 4.52. The van der Waals surface area contributed by atoms with Gasteiger partial charge in [-0.1, -0.05) is 72.3 Å². The number of nitrogens with zero attached hydrogens (tertiary/aromatic N) is 1. The van der Waals surface area contributed by atoms with Crippen molar-refractivity contribution in [1.29, 1.82) is 0 Å². The van der Waals surface area contributed by atoms with Crippen LogP contribution in [-0.2, 0) is 6.18 Å². The molecular weight excluding hydrogens is 495 g/mol. The number of ether oxygens (including phenoxy) is 1. The lowest BCUT2D eigenvalue weighted by molar-refractivity contribution is -0.137. The molecule has 8 heteroatoms. The Balaban J connectivity index is 1.58. The lowest BCUT2D eigenvalue weighted by atomic mass is 10.0. The molecule has 174 valence electrons. The van der Waals surface area contributed by atoms with E-state index in [1.807, 2.05) is 36.4 Å². The molecule has 0 spiro atoms. The standard InChI is InChI=1S/C27H15ClF3NO2S/c28-24-18-9-3-6-12-23(18)35-25(24)26(33)34-22-14-13-16-7-1-2-8-17(16)19(22)15-32-21-11-5-4-10-20(21)27(29,30)31/h1-15H. The molecule has 3 nitrogen and oxygen atoms in total. The third-order valence-electron chi connectivity index (χ3n) is 5.40. The van der Waals surface area contributed by atoms with Crippen molar-refractivity contribution in [2.75, 3.05) is 0 Å². The topological polar surface area (TPSA) is 38.7 Å². The van der Waals surface area contributed by atoms with Gasteiger partial charge < -0.3 is 4.74 Å². The summed E-state index contributed by atoms with van der Waals surface area (Å²) >= 11 is 7.64. The van der Waals surface area contributed by atoms with Gasteiger partial charge in [0.05, 0.1) is 16.3 Å². The second-order valence-corrected chi connectivity index (χ2v) is 9.03. The summed E-state index contributed by atoms with van der Waals surface area (Å²) in [6.45, 7) is 0. The van der Waals surface area contributed by atoms with E-state index in [1.165, 1.54) is 35.8 Å². The highest BCUT2D eigenvalue weighted by Gasteiger charge is 2.33. The molecule has 5 rings (SSSR count). The molecule has 4 aromatic carbocycles. The zero-order chi connectivity index (χ0) is 24.6. The molecule has 0 unspecified atom stereocenters. The van der Waals surface area contributed by atoms with Gasteiger partial charge in [-0.25, -0.2) is 4.79 Å². The predicted octanol–water partition coefficient (Wildman–Crippen LogP) is 8.70. The molecule has 1 aromatic heterocycles. The minimum absolute atomic E-state index is 0.162. The number of aliphatic imine (C=N–C) groups is 1. The molecule has 0 N–H and O–H groups in total.